The lowest BCUT2D eigenvalue weighted by molar-refractivity contribution is 0.297. The van der Waals surface area contributed by atoms with Crippen LogP contribution in [-0.4, -0.2) is 74.8 Å². The molecule has 6 N–H and O–H groups in total. The highest BCUT2D eigenvalue weighted by Crippen LogP contribution is 2.27. The first-order valence-electron chi connectivity index (χ1n) is 16.1. The van der Waals surface area contributed by atoms with E-state index < -0.39 is 30.4 Å². The van der Waals surface area contributed by atoms with E-state index in [1.807, 2.05) is 51.1 Å². The van der Waals surface area contributed by atoms with Crippen LogP contribution in [0.15, 0.2) is 124 Å². The van der Waals surface area contributed by atoms with Crippen LogP contribution in [-0.2, 0) is 30.4 Å². The first-order valence-corrected chi connectivity index (χ1v) is 20.4. The summed E-state index contributed by atoms with van der Waals surface area (Å²) in [6, 6.07) is 30.4. The van der Waals surface area contributed by atoms with Gasteiger partial charge in [-0.2, -0.15) is 25.3 Å². The van der Waals surface area contributed by atoms with Gasteiger partial charge in [0.2, 0.25) is 0 Å². The highest BCUT2D eigenvalue weighted by molar-refractivity contribution is 7.86. The molecule has 0 unspecified atom stereocenters. The van der Waals surface area contributed by atoms with Crippen LogP contribution in [0.4, 0.5) is 11.5 Å². The fourth-order valence-corrected chi connectivity index (χ4v) is 6.51. The topological polar surface area (TPSA) is 230 Å². The van der Waals surface area contributed by atoms with E-state index in [4.69, 9.17) is 19.4 Å². The molecular weight excluding hydrogens is 743 g/mol. The number of aryl methyl sites for hydroxylation is 3. The summed E-state index contributed by atoms with van der Waals surface area (Å²) in [7, 11) is -12.1. The SMILES string of the molecule is Cc1ccc(S(=O)(=O)O)cc1.Cc1ccc(S(=O)(=O)O)cc1.Cc1ccc(S(=O)(=O)O)cc1.Nc1ccc(-c2ccc(N3C[C@@H]4CN[C@@H]4C3)nn2)cc1. The molecule has 1 aromatic heterocycles. The van der Waals surface area contributed by atoms with Crippen molar-refractivity contribution in [2.45, 2.75) is 41.5 Å². The molecular formula is C36H41N5O9S3. The highest BCUT2D eigenvalue weighted by atomic mass is 32.2. The normalized spacial score (nSPS) is 16.3. The quantitative estimate of drug-likeness (QED) is 0.118. The predicted octanol–water partition coefficient (Wildman–Crippen LogP) is 4.86. The Balaban J connectivity index is 0.000000166. The van der Waals surface area contributed by atoms with Crippen molar-refractivity contribution in [3.63, 3.8) is 0 Å². The molecule has 5 aromatic rings. The van der Waals surface area contributed by atoms with Crippen LogP contribution in [0.2, 0.25) is 0 Å². The third-order valence-electron chi connectivity index (χ3n) is 8.22. The maximum absolute atomic E-state index is 10.5. The summed E-state index contributed by atoms with van der Waals surface area (Å²) in [5.41, 5.74) is 11.3. The van der Waals surface area contributed by atoms with E-state index in [1.165, 1.54) is 36.4 Å². The first kappa shape index (κ1) is 41.0. The molecule has 7 rings (SSSR count). The number of nitrogens with one attached hydrogen (secondary N) is 1. The Morgan fingerprint density at radius 2 is 1.00 bits per heavy atom. The van der Waals surface area contributed by atoms with E-state index in [-0.39, 0.29) is 14.7 Å². The number of rotatable bonds is 5. The van der Waals surface area contributed by atoms with E-state index in [9.17, 15) is 25.3 Å². The Kier molecular flexibility index (Phi) is 13.5. The zero-order valence-electron chi connectivity index (χ0n) is 29.1. The number of hydrogen-bond acceptors (Lipinski definition) is 11. The Labute approximate surface area is 310 Å². The molecule has 3 heterocycles. The smallest absolute Gasteiger partial charge is 0.294 e. The van der Waals surface area contributed by atoms with Crippen molar-refractivity contribution < 1.29 is 38.9 Å². The largest absolute Gasteiger partial charge is 0.399 e. The van der Waals surface area contributed by atoms with Crippen molar-refractivity contribution in [3.8, 4) is 11.3 Å². The van der Waals surface area contributed by atoms with Crippen molar-refractivity contribution in [2.24, 2.45) is 5.92 Å². The number of anilines is 2. The molecule has 0 radical (unpaired) electrons. The van der Waals surface area contributed by atoms with Gasteiger partial charge in [0.25, 0.3) is 30.4 Å². The van der Waals surface area contributed by atoms with Crippen LogP contribution in [0.5, 0.6) is 0 Å². The lowest BCUT2D eigenvalue weighted by Gasteiger charge is -2.29. The van der Waals surface area contributed by atoms with Gasteiger partial charge < -0.3 is 16.0 Å². The summed E-state index contributed by atoms with van der Waals surface area (Å²) in [6.07, 6.45) is 0. The standard InChI is InChI=1S/C15H17N5.3C7H8O3S/c16-12-3-1-10(2-4-12)13-5-6-15(19-18-13)20-8-11-7-17-14(11)9-20;3*1-6-2-4-7(5-3-6)11(8,9)10/h1-6,11,14,17H,7-9,16H2;3*2-5H,1H3,(H,8,9,10)/t11-,14+;;;/m0.../s1. The van der Waals surface area contributed by atoms with Gasteiger partial charge in [-0.15, -0.1) is 10.2 Å². The van der Waals surface area contributed by atoms with Crippen molar-refractivity contribution in [2.75, 3.05) is 30.3 Å². The summed E-state index contributed by atoms with van der Waals surface area (Å²) >= 11 is 0. The van der Waals surface area contributed by atoms with Crippen LogP contribution >= 0.6 is 0 Å². The van der Waals surface area contributed by atoms with Crippen LogP contribution in [0.25, 0.3) is 11.3 Å². The Morgan fingerprint density at radius 3 is 1.28 bits per heavy atom. The van der Waals surface area contributed by atoms with E-state index in [1.54, 1.807) is 36.4 Å². The Hall–Kier alpha value is -4.75. The van der Waals surface area contributed by atoms with Crippen LogP contribution < -0.4 is 16.0 Å². The third-order valence-corrected chi connectivity index (χ3v) is 10.8. The second kappa shape index (κ2) is 17.4. The minimum absolute atomic E-state index is 0.0666. The summed E-state index contributed by atoms with van der Waals surface area (Å²) in [6.45, 7) is 8.79. The van der Waals surface area contributed by atoms with Crippen molar-refractivity contribution in [1.82, 2.24) is 15.5 Å². The number of aromatic nitrogens is 2. The molecule has 0 bridgehead atoms. The van der Waals surface area contributed by atoms with Crippen LogP contribution in [0, 0.1) is 26.7 Å². The first-order chi connectivity index (χ1) is 24.8. The number of nitrogens with two attached hydrogens (primary N) is 1. The van der Waals surface area contributed by atoms with Gasteiger partial charge in [0.05, 0.1) is 20.4 Å². The number of nitrogens with zero attached hydrogens (tertiary/aromatic N) is 3. The zero-order valence-corrected chi connectivity index (χ0v) is 31.6. The Morgan fingerprint density at radius 1 is 0.585 bits per heavy atom. The molecule has 17 heteroatoms. The number of fused-ring (bicyclic) bond motifs is 1. The molecule has 53 heavy (non-hydrogen) atoms. The van der Waals surface area contributed by atoms with E-state index in [2.05, 4.69) is 26.5 Å². The summed E-state index contributed by atoms with van der Waals surface area (Å²) < 4.78 is 88.7. The number of nitrogen functional groups attached to an aromatic ring is 1. The monoisotopic (exact) mass is 783 g/mol. The van der Waals surface area contributed by atoms with Crippen LogP contribution in [0.3, 0.4) is 0 Å². The van der Waals surface area contributed by atoms with Gasteiger partial charge >= 0.3 is 0 Å². The average Bonchev–Trinajstić information content (AvgIpc) is 3.38. The van der Waals surface area contributed by atoms with Crippen molar-refractivity contribution >= 4 is 41.9 Å². The third kappa shape index (κ3) is 12.4. The van der Waals surface area contributed by atoms with E-state index >= 15 is 0 Å². The second-order valence-corrected chi connectivity index (χ2v) is 16.7. The number of benzene rings is 4. The van der Waals surface area contributed by atoms with Gasteiger partial charge in [-0.05, 0) is 81.4 Å². The maximum Gasteiger partial charge on any atom is 0.294 e. The maximum atomic E-state index is 10.5. The molecule has 0 aliphatic carbocycles. The molecule has 282 valence electrons. The second-order valence-electron chi connectivity index (χ2n) is 12.4. The summed E-state index contributed by atoms with van der Waals surface area (Å²) in [4.78, 5) is 2.11. The molecule has 0 saturated carbocycles. The fourth-order valence-electron chi connectivity index (χ4n) is 5.07. The van der Waals surface area contributed by atoms with E-state index in [0.29, 0.717) is 6.04 Å². The highest BCUT2D eigenvalue weighted by Gasteiger charge is 2.39. The molecule has 0 amide bonds. The van der Waals surface area contributed by atoms with Gasteiger partial charge in [-0.1, -0.05) is 65.2 Å². The molecule has 2 fully saturated rings. The van der Waals surface area contributed by atoms with Crippen molar-refractivity contribution in [3.05, 3.63) is 126 Å². The number of hydrogen-bond donors (Lipinski definition) is 5. The molecule has 0 spiro atoms. The lowest BCUT2D eigenvalue weighted by Crippen LogP contribution is -2.51. The lowest BCUT2D eigenvalue weighted by atomic mass is 9.96. The average molecular weight is 784 g/mol. The van der Waals surface area contributed by atoms with Gasteiger partial charge in [-0.3, -0.25) is 13.7 Å². The van der Waals surface area contributed by atoms with Gasteiger partial charge in [0.15, 0.2) is 5.82 Å². The zero-order chi connectivity index (χ0) is 39.0. The van der Waals surface area contributed by atoms with Gasteiger partial charge in [0.1, 0.15) is 0 Å². The molecule has 14 nitrogen and oxygen atoms in total. The molecule has 4 aromatic carbocycles. The van der Waals surface area contributed by atoms with E-state index in [0.717, 1.165) is 65.0 Å². The molecule has 2 saturated heterocycles. The molecule has 2 aliphatic heterocycles. The van der Waals surface area contributed by atoms with Gasteiger partial charge in [-0.25, -0.2) is 0 Å². The van der Waals surface area contributed by atoms with Crippen LogP contribution in [0.1, 0.15) is 16.7 Å². The molecule has 2 atom stereocenters. The summed E-state index contributed by atoms with van der Waals surface area (Å²) in [5.74, 6) is 1.76. The van der Waals surface area contributed by atoms with Crippen molar-refractivity contribution in [1.29, 1.82) is 0 Å². The Bertz CT molecular complexity index is 2100. The predicted molar refractivity (Wildman–Crippen MR) is 202 cm³/mol. The van der Waals surface area contributed by atoms with Gasteiger partial charge in [0, 0.05) is 42.8 Å². The minimum Gasteiger partial charge on any atom is -0.399 e. The fraction of sp³-hybridized carbons (Fsp3) is 0.222. The molecule has 2 aliphatic rings. The minimum atomic E-state index is -4.02. The summed E-state index contributed by atoms with van der Waals surface area (Å²) in [5, 5.41) is 12.2.